The normalized spacial score (nSPS) is 12.5. The Morgan fingerprint density at radius 1 is 0.148 bits per heavy atom. The minimum Gasteiger partial charge on any atom is -0.455 e. The monoisotopic (exact) mass is 1840 g/mol. The molecular formula is C132H108N4O6. The van der Waals surface area contributed by atoms with Crippen molar-refractivity contribution in [3.63, 3.8) is 0 Å². The van der Waals surface area contributed by atoms with E-state index in [0.29, 0.717) is 0 Å². The Labute approximate surface area is 824 Å². The van der Waals surface area contributed by atoms with E-state index in [1.54, 1.807) is 0 Å². The molecule has 0 fully saturated rings. The van der Waals surface area contributed by atoms with Crippen molar-refractivity contribution in [1.29, 1.82) is 0 Å². The molecule has 0 atom stereocenters. The lowest BCUT2D eigenvalue weighted by Gasteiger charge is -2.29. The van der Waals surface area contributed by atoms with E-state index in [1.807, 2.05) is 0 Å². The molecule has 0 bridgehead atoms. The van der Waals surface area contributed by atoms with Gasteiger partial charge in [0.2, 0.25) is 0 Å². The molecular weight excluding hydrogens is 1740 g/mol. The van der Waals surface area contributed by atoms with Crippen LogP contribution in [0.5, 0.6) is 0 Å². The van der Waals surface area contributed by atoms with Crippen LogP contribution in [0.1, 0.15) is 128 Å². The van der Waals surface area contributed by atoms with Crippen LogP contribution in [0.4, 0.5) is 68.2 Å². The molecule has 692 valence electrons. The molecule has 6 aromatic heterocycles. The number of benzene rings is 20. The molecule has 0 radical (unpaired) electrons. The molecule has 142 heavy (non-hydrogen) atoms. The van der Waals surface area contributed by atoms with Crippen LogP contribution < -0.4 is 19.6 Å². The molecule has 10 heteroatoms. The summed E-state index contributed by atoms with van der Waals surface area (Å²) in [5, 5.41) is 21.3. The average molecular weight is 1850 g/mol. The Bertz CT molecular complexity index is 9170. The first-order chi connectivity index (χ1) is 68.7. The molecule has 26 rings (SSSR count). The van der Waals surface area contributed by atoms with Gasteiger partial charge in [-0.05, 0) is 157 Å². The van der Waals surface area contributed by atoms with Crippen LogP contribution in [0.2, 0.25) is 0 Å². The molecule has 10 nitrogen and oxygen atoms in total. The Balaban J connectivity index is 0.000000149. The average Bonchev–Trinajstić information content (AvgIpc) is 1.55. The van der Waals surface area contributed by atoms with E-state index >= 15 is 0 Å². The first-order valence-electron chi connectivity index (χ1n) is 49.5. The predicted molar refractivity (Wildman–Crippen MR) is 599 cm³/mol. The zero-order valence-electron chi connectivity index (χ0n) is 82.9. The second kappa shape index (κ2) is 32.5. The largest absolute Gasteiger partial charge is 0.455 e. The Hall–Kier alpha value is -16.6. The smallest absolute Gasteiger partial charge is 0.159 e. The van der Waals surface area contributed by atoms with Gasteiger partial charge in [0.25, 0.3) is 0 Å². The number of hydrogen-bond acceptors (Lipinski definition) is 10. The molecule has 0 saturated heterocycles. The standard InChI is InChI=1S/2C66H54N2O3/c1-39-21-9-15-33-53(39)67(55-35-19-29-47-45-27-17-31-51(65(3,4)5)61(45)70-63(47)55)57-37-49-50-38-58(42-24-12-14-26-44(42)60(50)69-59(49)43-25-13-11-23-41(43)57)68(54-34-16-10-22-40(54)2)56-36-20-30-48-46-28-18-32-52(66(6,7)8)62(46)71-64(48)56;1-39-19-13-21-41(35-39)67(55-33-17-29-49-47-27-15-31-53(65(3,4)5)61(47)70-63(49)55)57-37-51-52-38-58(44-24-10-12-26-46(44)60(52)69-59(51)45-25-11-9-23-43(45)57)68(42-22-14-20-40(2)36-42)56-34-18-30-50-48-28-16-32-54(66(6,7)8)62(48)71-64(50)56/h2*9-38H,1-8H3. The SMILES string of the molecule is Cc1cccc(N(c2cc3c4cc(N(c5cccc(C)c5)c5cccc6c5oc5c(C(C)(C)C)cccc56)c5ccccc5c4oc3c3ccccc23)c2cccc3c2oc2c(C(C)(C)C)cccc23)c1.Cc1ccccc1N(c1cc2c3cc(N(c4ccccc4C)c4cccc5c4oc4c(C(C)(C)C)cccc45)c4ccccc4c3oc2c2ccccc12)c1cccc2c1oc1c(C(C)(C)C)cccc12. The van der Waals surface area contributed by atoms with Gasteiger partial charge < -0.3 is 46.1 Å². The van der Waals surface area contributed by atoms with E-state index in [9.17, 15) is 0 Å². The molecule has 0 aliphatic rings. The van der Waals surface area contributed by atoms with Gasteiger partial charge in [0.15, 0.2) is 22.3 Å². The molecule has 0 aliphatic carbocycles. The molecule has 0 saturated carbocycles. The summed E-state index contributed by atoms with van der Waals surface area (Å²) < 4.78 is 43.1. The zero-order chi connectivity index (χ0) is 97.0. The van der Waals surface area contributed by atoms with Crippen molar-refractivity contribution in [1.82, 2.24) is 0 Å². The minimum absolute atomic E-state index is 0.111. The maximum atomic E-state index is 7.25. The van der Waals surface area contributed by atoms with Gasteiger partial charge in [-0.3, -0.25) is 0 Å². The number of fused-ring (bicyclic) bond motifs is 26. The van der Waals surface area contributed by atoms with Gasteiger partial charge in [0.05, 0.1) is 45.5 Å². The number of para-hydroxylation sites is 10. The lowest BCUT2D eigenvalue weighted by atomic mass is 9.86. The van der Waals surface area contributed by atoms with Gasteiger partial charge in [0, 0.05) is 153 Å². The molecule has 0 aliphatic heterocycles. The highest BCUT2D eigenvalue weighted by Crippen LogP contribution is 2.57. The van der Waals surface area contributed by atoms with Gasteiger partial charge in [-0.2, -0.15) is 0 Å². The van der Waals surface area contributed by atoms with E-state index in [1.165, 1.54) is 33.4 Å². The molecule has 6 heterocycles. The number of hydrogen-bond donors (Lipinski definition) is 0. The van der Waals surface area contributed by atoms with Gasteiger partial charge in [0.1, 0.15) is 44.7 Å². The number of aryl methyl sites for hydroxylation is 4. The van der Waals surface area contributed by atoms with Crippen molar-refractivity contribution in [2.24, 2.45) is 0 Å². The predicted octanol–water partition coefficient (Wildman–Crippen LogP) is 39.7. The fraction of sp³-hybridized carbons (Fsp3) is 0.152. The summed E-state index contributed by atoms with van der Waals surface area (Å²) in [7, 11) is 0. The number of furan rings is 6. The summed E-state index contributed by atoms with van der Waals surface area (Å²) >= 11 is 0. The topological polar surface area (TPSA) is 91.8 Å². The van der Waals surface area contributed by atoms with E-state index in [0.717, 1.165) is 254 Å². The van der Waals surface area contributed by atoms with Crippen LogP contribution in [-0.4, -0.2) is 0 Å². The van der Waals surface area contributed by atoms with E-state index < -0.39 is 0 Å². The Morgan fingerprint density at radius 2 is 0.338 bits per heavy atom. The minimum atomic E-state index is -0.112. The summed E-state index contributed by atoms with van der Waals surface area (Å²) in [4.78, 5) is 9.61. The summed E-state index contributed by atoms with van der Waals surface area (Å²) in [6.07, 6.45) is 0. The van der Waals surface area contributed by atoms with E-state index in [4.69, 9.17) is 26.5 Å². The number of anilines is 12. The zero-order valence-corrected chi connectivity index (χ0v) is 82.9. The number of nitrogens with zero attached hydrogens (tertiary/aromatic N) is 4. The summed E-state index contributed by atoms with van der Waals surface area (Å²) in [6, 6.07) is 131. The fourth-order valence-electron chi connectivity index (χ4n) is 22.5. The third kappa shape index (κ3) is 13.9. The maximum absolute atomic E-state index is 7.25. The maximum Gasteiger partial charge on any atom is 0.159 e. The van der Waals surface area contributed by atoms with Crippen molar-refractivity contribution in [3.05, 3.63) is 408 Å². The quantitative estimate of drug-likeness (QED) is 0.118. The molecule has 0 spiro atoms. The van der Waals surface area contributed by atoms with Crippen LogP contribution in [0.3, 0.4) is 0 Å². The fourth-order valence-corrected chi connectivity index (χ4v) is 22.5. The van der Waals surface area contributed by atoms with Crippen LogP contribution >= 0.6 is 0 Å². The second-order valence-corrected chi connectivity index (χ2v) is 42.8. The van der Waals surface area contributed by atoms with Crippen LogP contribution in [0.15, 0.2) is 390 Å². The second-order valence-electron chi connectivity index (χ2n) is 42.8. The lowest BCUT2D eigenvalue weighted by Crippen LogP contribution is -2.12. The van der Waals surface area contributed by atoms with Crippen molar-refractivity contribution in [2.75, 3.05) is 19.6 Å². The summed E-state index contributed by atoms with van der Waals surface area (Å²) in [6.45, 7) is 35.7. The first kappa shape index (κ1) is 87.0. The van der Waals surface area contributed by atoms with Crippen LogP contribution in [0.25, 0.3) is 175 Å². The van der Waals surface area contributed by atoms with Gasteiger partial charge >= 0.3 is 0 Å². The first-order valence-corrected chi connectivity index (χ1v) is 49.5. The van der Waals surface area contributed by atoms with Crippen molar-refractivity contribution in [3.8, 4) is 0 Å². The Morgan fingerprint density at radius 3 is 0.592 bits per heavy atom. The van der Waals surface area contributed by atoms with Crippen molar-refractivity contribution >= 4 is 243 Å². The number of rotatable bonds is 12. The molecule has 0 unspecified atom stereocenters. The highest BCUT2D eigenvalue weighted by Gasteiger charge is 2.35. The summed E-state index contributed by atoms with van der Waals surface area (Å²) in [5.41, 5.74) is 31.6. The third-order valence-electron chi connectivity index (χ3n) is 29.3. The van der Waals surface area contributed by atoms with E-state index in [-0.39, 0.29) is 21.7 Å². The molecule has 26 aromatic rings. The highest BCUT2D eigenvalue weighted by molar-refractivity contribution is 6.29. The van der Waals surface area contributed by atoms with Crippen LogP contribution in [0, 0.1) is 27.7 Å². The third-order valence-corrected chi connectivity index (χ3v) is 29.3. The molecule has 0 N–H and O–H groups in total. The summed E-state index contributed by atoms with van der Waals surface area (Å²) in [5.74, 6) is 0. The lowest BCUT2D eigenvalue weighted by molar-refractivity contribution is 0.572. The molecule has 20 aromatic carbocycles. The van der Waals surface area contributed by atoms with Gasteiger partial charge in [-0.15, -0.1) is 0 Å². The molecule has 0 amide bonds. The van der Waals surface area contributed by atoms with Crippen molar-refractivity contribution in [2.45, 2.75) is 132 Å². The van der Waals surface area contributed by atoms with Crippen LogP contribution in [-0.2, 0) is 21.7 Å². The van der Waals surface area contributed by atoms with Gasteiger partial charge in [-0.25, -0.2) is 0 Å². The van der Waals surface area contributed by atoms with Gasteiger partial charge in [-0.1, -0.05) is 362 Å². The Kier molecular flexibility index (Phi) is 19.9. The van der Waals surface area contributed by atoms with Crippen molar-refractivity contribution < 1.29 is 26.5 Å². The van der Waals surface area contributed by atoms with E-state index in [2.05, 4.69) is 494 Å². The highest BCUT2D eigenvalue weighted by atomic mass is 16.4.